The summed E-state index contributed by atoms with van der Waals surface area (Å²) >= 11 is 0. The fourth-order valence-corrected chi connectivity index (χ4v) is 0.895. The summed E-state index contributed by atoms with van der Waals surface area (Å²) in [5.41, 5.74) is -2.55. The first-order chi connectivity index (χ1) is 5.73. The molecule has 0 radical (unpaired) electrons. The van der Waals surface area contributed by atoms with Crippen molar-refractivity contribution in [2.24, 2.45) is 0 Å². The summed E-state index contributed by atoms with van der Waals surface area (Å²) in [5, 5.41) is 4.59. The number of H-pyrrole nitrogens is 1. The summed E-state index contributed by atoms with van der Waals surface area (Å²) < 4.78 is 61.3. The van der Waals surface area contributed by atoms with E-state index < -0.39 is 24.1 Å². The van der Waals surface area contributed by atoms with Gasteiger partial charge in [-0.25, -0.2) is 8.78 Å². The van der Waals surface area contributed by atoms with Crippen molar-refractivity contribution in [3.8, 4) is 0 Å². The van der Waals surface area contributed by atoms with Gasteiger partial charge in [-0.1, -0.05) is 5.46 Å². The molecule has 0 aliphatic heterocycles. The van der Waals surface area contributed by atoms with Gasteiger partial charge in [0, 0.05) is 13.1 Å². The third-order valence-electron chi connectivity index (χ3n) is 1.46. The Hall–Kier alpha value is -1.08. The van der Waals surface area contributed by atoms with Crippen LogP contribution in [-0.2, 0) is 5.92 Å². The van der Waals surface area contributed by atoms with Gasteiger partial charge in [-0.3, -0.25) is 5.10 Å². The molecule has 1 aromatic rings. The van der Waals surface area contributed by atoms with Crippen LogP contribution < -0.4 is 5.46 Å². The Morgan fingerprint density at radius 1 is 1.38 bits per heavy atom. The number of halogens is 5. The van der Waals surface area contributed by atoms with E-state index in [1.165, 1.54) is 0 Å². The highest BCUT2D eigenvalue weighted by atomic mass is 19.4. The first-order valence-electron chi connectivity index (χ1n) is 3.34. The molecule has 8 heteroatoms. The Morgan fingerprint density at radius 2 is 1.92 bits per heavy atom. The number of nitrogens with one attached hydrogen (secondary N) is 1. The lowest BCUT2D eigenvalue weighted by atomic mass is 9.79. The second-order valence-electron chi connectivity index (χ2n) is 2.66. The monoisotopic (exact) mass is 199 g/mol. The molecule has 2 nitrogen and oxygen atoms in total. The maximum Gasteiger partial charge on any atom is 0.513 e. The number of hydrogen-bond donors (Lipinski definition) is 1. The van der Waals surface area contributed by atoms with Gasteiger partial charge in [0.25, 0.3) is 5.92 Å². The van der Waals surface area contributed by atoms with E-state index in [1.54, 1.807) is 5.10 Å². The van der Waals surface area contributed by atoms with Gasteiger partial charge in [0.05, 0.1) is 5.69 Å². The molecule has 1 aromatic heterocycles. The molecule has 0 bridgehead atoms. The Bertz CT molecular complexity index is 270. The van der Waals surface area contributed by atoms with Crippen molar-refractivity contribution in [1.29, 1.82) is 0 Å². The van der Waals surface area contributed by atoms with Crippen LogP contribution in [0.3, 0.4) is 0 Å². The van der Waals surface area contributed by atoms with Crippen LogP contribution in [0.15, 0.2) is 6.20 Å². The topological polar surface area (TPSA) is 28.7 Å². The number of nitrogens with zero attached hydrogens (tertiary/aromatic N) is 1. The Morgan fingerprint density at radius 3 is 2.23 bits per heavy atom. The molecule has 0 saturated heterocycles. The molecule has 0 amide bonds. The first-order valence-corrected chi connectivity index (χ1v) is 3.34. The maximum absolute atomic E-state index is 12.5. The molecule has 0 saturated carbocycles. The average Bonchev–Trinajstić information content (AvgIpc) is 2.27. The fraction of sp³-hybridized carbons (Fsp3) is 0.400. The van der Waals surface area contributed by atoms with Crippen LogP contribution in [0.2, 0.25) is 0 Å². The Balaban J connectivity index is 3.19. The third kappa shape index (κ3) is 1.99. The summed E-state index contributed by atoms with van der Waals surface area (Å²) in [5.74, 6) is -3.55. The minimum Gasteiger partial charge on any atom is -0.445 e. The van der Waals surface area contributed by atoms with Gasteiger partial charge in [-0.15, -0.1) is 0 Å². The molecule has 74 valence electrons. The van der Waals surface area contributed by atoms with Crippen LogP contribution in [0.5, 0.6) is 0 Å². The van der Waals surface area contributed by atoms with Crippen LogP contribution in [0, 0.1) is 0 Å². The molecule has 0 aromatic carbocycles. The molecular formula is C5H5BF5N2-. The summed E-state index contributed by atoms with van der Waals surface area (Å²) in [6, 6.07) is 0. The molecule has 0 atom stereocenters. The summed E-state index contributed by atoms with van der Waals surface area (Å²) in [6.45, 7) is -5.06. The summed E-state index contributed by atoms with van der Waals surface area (Å²) in [6.07, 6.45) is 0.368. The minimum atomic E-state index is -5.44. The standard InChI is InChI=1S/C5H5BF5N2/c1-5(7,8)4-3(2-12-13-4)6(9,10)11/h2H,1H3,(H,12,13)/q-1. The largest absolute Gasteiger partial charge is 0.513 e. The second kappa shape index (κ2) is 2.71. The lowest BCUT2D eigenvalue weighted by molar-refractivity contribution is 0.0135. The molecule has 0 fully saturated rings. The summed E-state index contributed by atoms with van der Waals surface area (Å²) in [4.78, 5) is 0. The van der Waals surface area contributed by atoms with Gasteiger partial charge in [0.1, 0.15) is 0 Å². The maximum atomic E-state index is 12.5. The Labute approximate surface area is 70.2 Å². The number of hydrogen-bond acceptors (Lipinski definition) is 1. The number of aromatic amines is 1. The van der Waals surface area contributed by atoms with E-state index in [4.69, 9.17) is 0 Å². The molecule has 0 spiro atoms. The first kappa shape index (κ1) is 10.0. The van der Waals surface area contributed by atoms with E-state index in [0.717, 1.165) is 0 Å². The van der Waals surface area contributed by atoms with E-state index in [1.807, 2.05) is 0 Å². The van der Waals surface area contributed by atoms with E-state index in [-0.39, 0.29) is 0 Å². The normalized spacial score (nSPS) is 13.4. The molecule has 1 heterocycles. The highest BCUT2D eigenvalue weighted by Crippen LogP contribution is 2.25. The van der Waals surface area contributed by atoms with Crippen molar-refractivity contribution >= 4 is 12.4 Å². The minimum absolute atomic E-state index is 0.368. The number of aromatic nitrogens is 2. The van der Waals surface area contributed by atoms with Crippen molar-refractivity contribution in [3.63, 3.8) is 0 Å². The SMILES string of the molecule is CC(F)(F)c1[nH]ncc1[B-](F)(F)F. The van der Waals surface area contributed by atoms with Crippen molar-refractivity contribution in [2.45, 2.75) is 12.8 Å². The molecule has 13 heavy (non-hydrogen) atoms. The quantitative estimate of drug-likeness (QED) is 0.568. The van der Waals surface area contributed by atoms with Crippen LogP contribution in [0.1, 0.15) is 12.6 Å². The van der Waals surface area contributed by atoms with Crippen molar-refractivity contribution in [1.82, 2.24) is 10.2 Å². The zero-order valence-electron chi connectivity index (χ0n) is 6.49. The lowest BCUT2D eigenvalue weighted by Gasteiger charge is -2.17. The molecule has 1 rings (SSSR count). The van der Waals surface area contributed by atoms with Crippen molar-refractivity contribution in [3.05, 3.63) is 11.9 Å². The molecule has 0 aliphatic carbocycles. The van der Waals surface area contributed by atoms with Gasteiger partial charge < -0.3 is 12.9 Å². The van der Waals surface area contributed by atoms with E-state index in [0.29, 0.717) is 13.1 Å². The van der Waals surface area contributed by atoms with Crippen molar-refractivity contribution in [2.75, 3.05) is 0 Å². The van der Waals surface area contributed by atoms with Crippen LogP contribution in [0.25, 0.3) is 0 Å². The van der Waals surface area contributed by atoms with Gasteiger partial charge in [0.15, 0.2) is 0 Å². The fourth-order valence-electron chi connectivity index (χ4n) is 0.895. The number of rotatable bonds is 2. The second-order valence-corrected chi connectivity index (χ2v) is 2.66. The van der Waals surface area contributed by atoms with E-state index in [2.05, 4.69) is 5.10 Å². The van der Waals surface area contributed by atoms with E-state index in [9.17, 15) is 21.7 Å². The highest BCUT2D eigenvalue weighted by Gasteiger charge is 2.37. The summed E-state index contributed by atoms with van der Waals surface area (Å²) in [7, 11) is 0. The molecular weight excluding hydrogens is 194 g/mol. The van der Waals surface area contributed by atoms with Crippen LogP contribution in [-0.4, -0.2) is 17.2 Å². The lowest BCUT2D eigenvalue weighted by Crippen LogP contribution is -2.38. The van der Waals surface area contributed by atoms with Crippen LogP contribution >= 0.6 is 0 Å². The number of alkyl halides is 2. The molecule has 0 aliphatic rings. The van der Waals surface area contributed by atoms with E-state index >= 15 is 0 Å². The predicted molar refractivity (Wildman–Crippen MR) is 36.9 cm³/mol. The van der Waals surface area contributed by atoms with Crippen LogP contribution in [0.4, 0.5) is 21.7 Å². The van der Waals surface area contributed by atoms with Gasteiger partial charge in [-0.05, 0) is 0 Å². The smallest absolute Gasteiger partial charge is 0.445 e. The Kier molecular flexibility index (Phi) is 2.09. The van der Waals surface area contributed by atoms with Gasteiger partial charge >= 0.3 is 6.98 Å². The molecule has 0 unspecified atom stereocenters. The van der Waals surface area contributed by atoms with Gasteiger partial charge in [0.2, 0.25) is 0 Å². The molecule has 1 N–H and O–H groups in total. The zero-order valence-corrected chi connectivity index (χ0v) is 6.49. The van der Waals surface area contributed by atoms with Crippen molar-refractivity contribution < 1.29 is 21.7 Å². The highest BCUT2D eigenvalue weighted by molar-refractivity contribution is 6.73. The zero-order chi connectivity index (χ0) is 10.3. The third-order valence-corrected chi connectivity index (χ3v) is 1.46. The average molecular weight is 199 g/mol. The predicted octanol–water partition coefficient (Wildman–Crippen LogP) is 1.58. The van der Waals surface area contributed by atoms with Gasteiger partial charge in [-0.2, -0.15) is 5.10 Å².